The van der Waals surface area contributed by atoms with Gasteiger partial charge in [0.2, 0.25) is 0 Å². The molecule has 9 heteroatoms. The van der Waals surface area contributed by atoms with E-state index in [4.69, 9.17) is 0 Å². The summed E-state index contributed by atoms with van der Waals surface area (Å²) in [5.74, 6) is 0. The summed E-state index contributed by atoms with van der Waals surface area (Å²) in [5, 5.41) is 18.8. The fourth-order valence-electron chi connectivity index (χ4n) is 3.94. The topological polar surface area (TPSA) is 129 Å². The van der Waals surface area contributed by atoms with Gasteiger partial charge in [0.15, 0.2) is 0 Å². The van der Waals surface area contributed by atoms with E-state index in [1.54, 1.807) is 24.8 Å². The SMILES string of the molecule is O=[C-]C(=C([CH-]O)c1ccccc1)c1ccccc1.O=[C-]C(=C([CH-]O)c1ccccc1)c1ccccc1.[Fe+6].c1c[n-]cn1.c1c[n-]cn1. The standard InChI is InChI=1S/2C16H12O2.2C3H3N2.Fe/c2*17-11-15(13-7-3-1-4-8-13)16(12-18)14-9-5-2-6-10-14;2*1-2-5-3-4-1;/h2*1-11,17H;2*1-3H;/q2*-2;2*-1;+6. The third-order valence-electron chi connectivity index (χ3n) is 6.04. The second kappa shape index (κ2) is 22.8. The first-order valence-corrected chi connectivity index (χ1v) is 13.9. The molecule has 234 valence electrons. The molecule has 0 atom stereocenters. The first-order chi connectivity index (χ1) is 22.7. The molecular formula is C38H30FeN4O4. The Morgan fingerprint density at radius 2 is 0.809 bits per heavy atom. The maximum absolute atomic E-state index is 11.2. The average molecular weight is 663 g/mol. The predicted molar refractivity (Wildman–Crippen MR) is 178 cm³/mol. The Kier molecular flexibility index (Phi) is 18.1. The smallest absolute Gasteiger partial charge is 0.450 e. The van der Waals surface area contributed by atoms with E-state index in [9.17, 15) is 19.8 Å². The second-order valence-corrected chi connectivity index (χ2v) is 8.93. The fraction of sp³-hybridized carbons (Fsp3) is 0. The van der Waals surface area contributed by atoms with Crippen LogP contribution in [0.3, 0.4) is 0 Å². The van der Waals surface area contributed by atoms with Crippen molar-refractivity contribution in [1.29, 1.82) is 0 Å². The summed E-state index contributed by atoms with van der Waals surface area (Å²) in [6.45, 7) is 1.89. The van der Waals surface area contributed by atoms with E-state index in [0.717, 1.165) is 35.5 Å². The van der Waals surface area contributed by atoms with Crippen LogP contribution in [0.5, 0.6) is 0 Å². The number of aliphatic hydroxyl groups is 2. The van der Waals surface area contributed by atoms with E-state index in [-0.39, 0.29) is 17.1 Å². The van der Waals surface area contributed by atoms with Crippen LogP contribution >= 0.6 is 0 Å². The molecule has 0 spiro atoms. The Balaban J connectivity index is 0.000000248. The van der Waals surface area contributed by atoms with Crippen molar-refractivity contribution in [2.24, 2.45) is 0 Å². The minimum absolute atomic E-state index is 0. The predicted octanol–water partition coefficient (Wildman–Crippen LogP) is 6.56. The molecule has 4 aromatic carbocycles. The van der Waals surface area contributed by atoms with Crippen molar-refractivity contribution in [3.8, 4) is 0 Å². The molecule has 0 bridgehead atoms. The van der Waals surface area contributed by atoms with E-state index in [1.165, 1.54) is 12.7 Å². The van der Waals surface area contributed by atoms with Gasteiger partial charge in [0.05, 0.1) is 0 Å². The largest absolute Gasteiger partial charge is 6.00 e. The van der Waals surface area contributed by atoms with E-state index < -0.39 is 0 Å². The molecule has 0 aliphatic carbocycles. The van der Waals surface area contributed by atoms with Crippen LogP contribution in [0.1, 0.15) is 22.3 Å². The third-order valence-corrected chi connectivity index (χ3v) is 6.04. The molecule has 0 fully saturated rings. The van der Waals surface area contributed by atoms with Gasteiger partial charge in [-0.05, 0) is 12.6 Å². The van der Waals surface area contributed by atoms with Gasteiger partial charge >= 0.3 is 17.1 Å². The molecule has 6 aromatic rings. The van der Waals surface area contributed by atoms with Gasteiger partial charge in [0, 0.05) is 0 Å². The molecule has 47 heavy (non-hydrogen) atoms. The summed E-state index contributed by atoms with van der Waals surface area (Å²) in [4.78, 5) is 36.8. The van der Waals surface area contributed by atoms with Crippen LogP contribution in [0.4, 0.5) is 0 Å². The van der Waals surface area contributed by atoms with E-state index >= 15 is 0 Å². The van der Waals surface area contributed by atoms with Crippen molar-refractivity contribution in [3.05, 3.63) is 194 Å². The molecular weight excluding hydrogens is 632 g/mol. The number of nitrogens with zero attached hydrogens (tertiary/aromatic N) is 4. The third kappa shape index (κ3) is 12.7. The Bertz CT molecular complexity index is 1540. The molecule has 8 nitrogen and oxygen atoms in total. The maximum Gasteiger partial charge on any atom is 6.00 e. The summed E-state index contributed by atoms with van der Waals surface area (Å²) in [7, 11) is 0. The van der Waals surface area contributed by atoms with Crippen molar-refractivity contribution < 1.29 is 36.9 Å². The first-order valence-electron chi connectivity index (χ1n) is 13.9. The zero-order chi connectivity index (χ0) is 32.7. The molecule has 0 unspecified atom stereocenters. The molecule has 0 saturated heterocycles. The zero-order valence-electron chi connectivity index (χ0n) is 25.0. The molecule has 0 amide bonds. The van der Waals surface area contributed by atoms with Gasteiger partial charge in [-0.25, -0.2) is 11.1 Å². The van der Waals surface area contributed by atoms with Gasteiger partial charge < -0.3 is 39.7 Å². The van der Waals surface area contributed by atoms with Crippen LogP contribution in [0, 0.1) is 13.2 Å². The number of imidazole rings is 2. The van der Waals surface area contributed by atoms with E-state index in [0.29, 0.717) is 22.3 Å². The number of aliphatic hydroxyl groups excluding tert-OH is 2. The van der Waals surface area contributed by atoms with Crippen LogP contribution in [0.25, 0.3) is 22.3 Å². The maximum atomic E-state index is 11.2. The Morgan fingerprint density at radius 1 is 0.511 bits per heavy atom. The van der Waals surface area contributed by atoms with Gasteiger partial charge in [-0.15, -0.1) is 61.7 Å². The number of aromatic nitrogens is 4. The number of hydrogen-bond donors (Lipinski definition) is 2. The van der Waals surface area contributed by atoms with Crippen molar-refractivity contribution in [3.63, 3.8) is 0 Å². The number of rotatable bonds is 8. The molecule has 0 saturated carbocycles. The number of allylic oxidation sites excluding steroid dienone is 2. The van der Waals surface area contributed by atoms with Crippen LogP contribution in [0.15, 0.2) is 159 Å². The fourth-order valence-corrected chi connectivity index (χ4v) is 3.94. The number of benzene rings is 4. The van der Waals surface area contributed by atoms with Crippen molar-refractivity contribution in [1.82, 2.24) is 19.9 Å². The van der Waals surface area contributed by atoms with Crippen molar-refractivity contribution >= 4 is 34.9 Å². The van der Waals surface area contributed by atoms with Crippen LogP contribution < -0.4 is 9.97 Å². The van der Waals surface area contributed by atoms with Crippen LogP contribution in [-0.4, -0.2) is 32.8 Å². The van der Waals surface area contributed by atoms with Gasteiger partial charge in [-0.1, -0.05) is 110 Å². The van der Waals surface area contributed by atoms with Gasteiger partial charge in [0.25, 0.3) is 0 Å². The Hall–Kier alpha value is -5.70. The minimum atomic E-state index is 0. The Labute approximate surface area is 285 Å². The molecule has 2 N–H and O–H groups in total. The number of carbonyl (C=O) groups excluding carboxylic acids is 2. The summed E-state index contributed by atoms with van der Waals surface area (Å²) in [6.07, 6.45) is 13.4. The molecule has 2 heterocycles. The summed E-state index contributed by atoms with van der Waals surface area (Å²) in [6, 6.07) is 36.9. The monoisotopic (exact) mass is 662 g/mol. The van der Waals surface area contributed by atoms with Crippen LogP contribution in [0.2, 0.25) is 0 Å². The molecule has 0 aliphatic heterocycles. The van der Waals surface area contributed by atoms with Crippen molar-refractivity contribution in [2.75, 3.05) is 0 Å². The van der Waals surface area contributed by atoms with Gasteiger partial charge in [-0.2, -0.15) is 22.3 Å². The van der Waals surface area contributed by atoms with E-state index in [2.05, 4.69) is 19.9 Å². The summed E-state index contributed by atoms with van der Waals surface area (Å²) >= 11 is 0. The van der Waals surface area contributed by atoms with Crippen molar-refractivity contribution in [2.45, 2.75) is 0 Å². The summed E-state index contributed by atoms with van der Waals surface area (Å²) in [5.41, 5.74) is 4.67. The van der Waals surface area contributed by atoms with Gasteiger partial charge in [0.1, 0.15) is 0 Å². The zero-order valence-corrected chi connectivity index (χ0v) is 26.1. The molecule has 0 aliphatic rings. The number of hydrogen-bond acceptors (Lipinski definition) is 6. The summed E-state index contributed by atoms with van der Waals surface area (Å²) < 4.78 is 0. The normalized spacial score (nSPS) is 10.6. The minimum Gasteiger partial charge on any atom is -0.450 e. The van der Waals surface area contributed by atoms with Gasteiger partial charge in [-0.3, -0.25) is 11.1 Å². The Morgan fingerprint density at radius 3 is 1.00 bits per heavy atom. The van der Waals surface area contributed by atoms with E-state index in [1.807, 2.05) is 134 Å². The molecule has 2 aromatic heterocycles. The quantitative estimate of drug-likeness (QED) is 0.0812. The van der Waals surface area contributed by atoms with Crippen LogP contribution in [-0.2, 0) is 26.7 Å². The molecule has 0 radical (unpaired) electrons. The average Bonchev–Trinajstić information content (AvgIpc) is 3.92. The second-order valence-electron chi connectivity index (χ2n) is 8.93. The molecule has 6 rings (SSSR count). The first kappa shape index (κ1) is 37.5.